The maximum absolute atomic E-state index is 11.7. The number of hydrogen-bond acceptors (Lipinski definition) is 4. The Kier molecular flexibility index (Phi) is 5.43. The van der Waals surface area contributed by atoms with Crippen molar-refractivity contribution in [2.75, 3.05) is 25.1 Å². The van der Waals surface area contributed by atoms with Crippen LogP contribution in [0.1, 0.15) is 38.4 Å². The zero-order chi connectivity index (χ0) is 15.5. The minimum Gasteiger partial charge on any atom is -0.319 e. The standard InChI is InChI=1S/C15H27N3O2S/c1-4-12(2)18-7-5-15(17-18)9-14(10-16-3)13-6-8-21(19,20)11-13/h5,7,12-14,16H,4,6,8-11H2,1-3H3. The smallest absolute Gasteiger partial charge is 0.150 e. The molecule has 1 aromatic rings. The number of nitrogens with one attached hydrogen (secondary N) is 1. The van der Waals surface area contributed by atoms with Crippen LogP contribution in [0.4, 0.5) is 0 Å². The lowest BCUT2D eigenvalue weighted by Crippen LogP contribution is -2.29. The van der Waals surface area contributed by atoms with Crippen LogP contribution in [-0.2, 0) is 16.3 Å². The van der Waals surface area contributed by atoms with Crippen molar-refractivity contribution >= 4 is 9.84 Å². The largest absolute Gasteiger partial charge is 0.319 e. The summed E-state index contributed by atoms with van der Waals surface area (Å²) in [6.07, 6.45) is 4.73. The van der Waals surface area contributed by atoms with Gasteiger partial charge in [-0.05, 0) is 57.7 Å². The van der Waals surface area contributed by atoms with E-state index in [0.717, 1.165) is 31.5 Å². The summed E-state index contributed by atoms with van der Waals surface area (Å²) in [6, 6.07) is 2.48. The highest BCUT2D eigenvalue weighted by Gasteiger charge is 2.33. The van der Waals surface area contributed by atoms with Crippen LogP contribution in [0, 0.1) is 11.8 Å². The van der Waals surface area contributed by atoms with Gasteiger partial charge in [-0.15, -0.1) is 0 Å². The van der Waals surface area contributed by atoms with Gasteiger partial charge in [-0.3, -0.25) is 4.68 Å². The first-order valence-electron chi connectivity index (χ1n) is 7.84. The van der Waals surface area contributed by atoms with Crippen molar-refractivity contribution in [3.05, 3.63) is 18.0 Å². The lowest BCUT2D eigenvalue weighted by Gasteiger charge is -2.21. The van der Waals surface area contributed by atoms with Gasteiger partial charge in [0.1, 0.15) is 0 Å². The van der Waals surface area contributed by atoms with Crippen LogP contribution < -0.4 is 5.32 Å². The summed E-state index contributed by atoms with van der Waals surface area (Å²) in [4.78, 5) is 0. The first-order valence-corrected chi connectivity index (χ1v) is 9.66. The number of rotatable bonds is 7. The van der Waals surface area contributed by atoms with E-state index in [1.807, 2.05) is 17.9 Å². The summed E-state index contributed by atoms with van der Waals surface area (Å²) in [5.41, 5.74) is 1.07. The highest BCUT2D eigenvalue weighted by atomic mass is 32.2. The predicted octanol–water partition coefficient (Wildman–Crippen LogP) is 1.67. The second kappa shape index (κ2) is 6.92. The lowest BCUT2D eigenvalue weighted by molar-refractivity contribution is 0.346. The minimum absolute atomic E-state index is 0.260. The molecule has 6 heteroatoms. The highest BCUT2D eigenvalue weighted by molar-refractivity contribution is 7.91. The molecule has 0 bridgehead atoms. The van der Waals surface area contributed by atoms with E-state index in [1.54, 1.807) is 0 Å². The normalized spacial score (nSPS) is 24.0. The Labute approximate surface area is 128 Å². The maximum atomic E-state index is 11.7. The Balaban J connectivity index is 2.04. The molecule has 0 spiro atoms. The van der Waals surface area contributed by atoms with Crippen LogP contribution in [0.3, 0.4) is 0 Å². The molecule has 0 aromatic carbocycles. The van der Waals surface area contributed by atoms with Crippen molar-refractivity contribution in [3.63, 3.8) is 0 Å². The topological polar surface area (TPSA) is 64.0 Å². The van der Waals surface area contributed by atoms with Gasteiger partial charge in [0.2, 0.25) is 0 Å². The molecular formula is C15H27N3O2S. The van der Waals surface area contributed by atoms with E-state index in [1.165, 1.54) is 0 Å². The van der Waals surface area contributed by atoms with Gasteiger partial charge in [0.25, 0.3) is 0 Å². The first kappa shape index (κ1) is 16.5. The van der Waals surface area contributed by atoms with Crippen LogP contribution in [0.2, 0.25) is 0 Å². The van der Waals surface area contributed by atoms with Crippen molar-refractivity contribution in [1.82, 2.24) is 15.1 Å². The molecule has 0 aliphatic carbocycles. The Hall–Kier alpha value is -0.880. The fraction of sp³-hybridized carbons (Fsp3) is 0.800. The number of hydrogen-bond donors (Lipinski definition) is 1. The molecule has 2 rings (SSSR count). The van der Waals surface area contributed by atoms with Crippen molar-refractivity contribution in [3.8, 4) is 0 Å². The molecule has 5 nitrogen and oxygen atoms in total. The molecule has 1 fully saturated rings. The summed E-state index contributed by atoms with van der Waals surface area (Å²) in [7, 11) is -0.892. The van der Waals surface area contributed by atoms with Gasteiger partial charge in [0, 0.05) is 12.2 Å². The van der Waals surface area contributed by atoms with Gasteiger partial charge in [-0.1, -0.05) is 6.92 Å². The summed E-state index contributed by atoms with van der Waals surface area (Å²) >= 11 is 0. The quantitative estimate of drug-likeness (QED) is 0.831. The lowest BCUT2D eigenvalue weighted by atomic mass is 9.88. The Morgan fingerprint density at radius 2 is 2.29 bits per heavy atom. The molecule has 2 heterocycles. The summed E-state index contributed by atoms with van der Waals surface area (Å²) in [5, 5.41) is 7.85. The van der Waals surface area contributed by atoms with E-state index in [0.29, 0.717) is 23.5 Å². The minimum atomic E-state index is -2.82. The van der Waals surface area contributed by atoms with E-state index in [-0.39, 0.29) is 5.92 Å². The van der Waals surface area contributed by atoms with Crippen molar-refractivity contribution in [2.24, 2.45) is 11.8 Å². The zero-order valence-electron chi connectivity index (χ0n) is 13.2. The fourth-order valence-electron chi connectivity index (χ4n) is 3.05. The second-order valence-corrected chi connectivity index (χ2v) is 8.46. The monoisotopic (exact) mass is 313 g/mol. The van der Waals surface area contributed by atoms with Gasteiger partial charge < -0.3 is 5.32 Å². The molecule has 0 amide bonds. The van der Waals surface area contributed by atoms with Crippen molar-refractivity contribution in [1.29, 1.82) is 0 Å². The van der Waals surface area contributed by atoms with Crippen LogP contribution in [-0.4, -0.2) is 43.3 Å². The molecule has 1 aromatic heterocycles. The summed E-state index contributed by atoms with van der Waals surface area (Å²) in [5.74, 6) is 1.29. The Bertz CT molecular complexity index is 553. The predicted molar refractivity (Wildman–Crippen MR) is 85.1 cm³/mol. The first-order chi connectivity index (χ1) is 9.95. The molecule has 0 saturated carbocycles. The molecule has 3 unspecified atom stereocenters. The van der Waals surface area contributed by atoms with E-state index < -0.39 is 9.84 Å². The molecule has 21 heavy (non-hydrogen) atoms. The SMILES string of the molecule is CCC(C)n1ccc(CC(CNC)C2CCS(=O)(=O)C2)n1. The van der Waals surface area contributed by atoms with Crippen LogP contribution in [0.15, 0.2) is 12.3 Å². The third-order valence-electron chi connectivity index (χ3n) is 4.58. The molecule has 120 valence electrons. The highest BCUT2D eigenvalue weighted by Crippen LogP contribution is 2.28. The Morgan fingerprint density at radius 3 is 2.86 bits per heavy atom. The summed E-state index contributed by atoms with van der Waals surface area (Å²) < 4.78 is 25.4. The average Bonchev–Trinajstić information content (AvgIpc) is 3.04. The fourth-order valence-corrected chi connectivity index (χ4v) is 4.97. The molecule has 0 radical (unpaired) electrons. The van der Waals surface area contributed by atoms with E-state index in [4.69, 9.17) is 0 Å². The van der Waals surface area contributed by atoms with Gasteiger partial charge in [0.05, 0.1) is 17.2 Å². The average molecular weight is 313 g/mol. The summed E-state index contributed by atoms with van der Waals surface area (Å²) in [6.45, 7) is 5.15. The molecule has 1 saturated heterocycles. The third-order valence-corrected chi connectivity index (χ3v) is 6.37. The molecule has 1 N–H and O–H groups in total. The van der Waals surface area contributed by atoms with Crippen molar-refractivity contribution in [2.45, 2.75) is 39.2 Å². The van der Waals surface area contributed by atoms with Gasteiger partial charge in [-0.2, -0.15) is 5.10 Å². The van der Waals surface area contributed by atoms with Crippen LogP contribution >= 0.6 is 0 Å². The van der Waals surface area contributed by atoms with Crippen LogP contribution in [0.5, 0.6) is 0 Å². The van der Waals surface area contributed by atoms with E-state index >= 15 is 0 Å². The molecule has 1 aliphatic heterocycles. The molecule has 3 atom stereocenters. The molecule has 1 aliphatic rings. The van der Waals surface area contributed by atoms with E-state index in [9.17, 15) is 8.42 Å². The van der Waals surface area contributed by atoms with Crippen molar-refractivity contribution < 1.29 is 8.42 Å². The molecular weight excluding hydrogens is 286 g/mol. The van der Waals surface area contributed by atoms with Gasteiger partial charge in [0.15, 0.2) is 9.84 Å². The van der Waals surface area contributed by atoms with Gasteiger partial charge in [-0.25, -0.2) is 8.42 Å². The second-order valence-electron chi connectivity index (χ2n) is 6.23. The Morgan fingerprint density at radius 1 is 1.52 bits per heavy atom. The number of aromatic nitrogens is 2. The number of nitrogens with zero attached hydrogens (tertiary/aromatic N) is 2. The van der Waals surface area contributed by atoms with E-state index in [2.05, 4.69) is 30.3 Å². The van der Waals surface area contributed by atoms with Crippen LogP contribution in [0.25, 0.3) is 0 Å². The number of sulfone groups is 1. The zero-order valence-corrected chi connectivity index (χ0v) is 14.1. The van der Waals surface area contributed by atoms with Gasteiger partial charge >= 0.3 is 0 Å². The third kappa shape index (κ3) is 4.30. The maximum Gasteiger partial charge on any atom is 0.150 e.